The van der Waals surface area contributed by atoms with Gasteiger partial charge in [0, 0.05) is 4.70 Å². The number of sulfonamides is 1. The first-order valence-corrected chi connectivity index (χ1v) is 7.43. The lowest BCUT2D eigenvalue weighted by atomic mass is 10.2. The van der Waals surface area contributed by atoms with E-state index in [1.807, 2.05) is 0 Å². The van der Waals surface area contributed by atoms with Crippen molar-refractivity contribution in [3.63, 3.8) is 0 Å². The fourth-order valence-electron chi connectivity index (χ4n) is 1.46. The third kappa shape index (κ3) is 2.22. The van der Waals surface area contributed by atoms with Crippen molar-refractivity contribution in [1.82, 2.24) is 4.72 Å². The summed E-state index contributed by atoms with van der Waals surface area (Å²) in [6.07, 6.45) is 0. The van der Waals surface area contributed by atoms with Crippen LogP contribution in [-0.4, -0.2) is 26.5 Å². The Morgan fingerprint density at radius 3 is 2.61 bits per heavy atom. The fourth-order valence-corrected chi connectivity index (χ4v) is 3.74. The number of aromatic carboxylic acids is 1. The normalized spacial score (nSPS) is 11.9. The summed E-state index contributed by atoms with van der Waals surface area (Å²) >= 11 is 6.90. The van der Waals surface area contributed by atoms with E-state index >= 15 is 0 Å². The fraction of sp³-hybridized carbons (Fsp3) is 0.100. The molecule has 1 aromatic heterocycles. The third-order valence-corrected chi connectivity index (χ3v) is 5.30. The van der Waals surface area contributed by atoms with Crippen LogP contribution in [0.25, 0.3) is 10.1 Å². The summed E-state index contributed by atoms with van der Waals surface area (Å²) in [6.45, 7) is 0. The highest BCUT2D eigenvalue weighted by molar-refractivity contribution is 7.89. The molecule has 2 aromatic rings. The van der Waals surface area contributed by atoms with E-state index in [0.717, 1.165) is 11.3 Å². The Morgan fingerprint density at radius 2 is 2.06 bits per heavy atom. The minimum Gasteiger partial charge on any atom is -0.477 e. The van der Waals surface area contributed by atoms with Crippen molar-refractivity contribution in [2.45, 2.75) is 4.90 Å². The van der Waals surface area contributed by atoms with Gasteiger partial charge in [-0.1, -0.05) is 11.6 Å². The first kappa shape index (κ1) is 13.3. The Morgan fingerprint density at radius 1 is 1.39 bits per heavy atom. The molecule has 0 bridgehead atoms. The highest BCUT2D eigenvalue weighted by Gasteiger charge is 2.18. The predicted octanol–water partition coefficient (Wildman–Crippen LogP) is 2.16. The maximum absolute atomic E-state index is 11.7. The van der Waals surface area contributed by atoms with Gasteiger partial charge in [0.1, 0.15) is 9.77 Å². The number of benzene rings is 1. The molecular formula is C10H8ClNO4S2. The van der Waals surface area contributed by atoms with Gasteiger partial charge in [-0.05, 0) is 30.6 Å². The van der Waals surface area contributed by atoms with Gasteiger partial charge in [-0.15, -0.1) is 11.3 Å². The molecule has 0 aliphatic heterocycles. The van der Waals surface area contributed by atoms with Gasteiger partial charge in [-0.25, -0.2) is 17.9 Å². The lowest BCUT2D eigenvalue weighted by molar-refractivity contribution is 0.0702. The summed E-state index contributed by atoms with van der Waals surface area (Å²) in [5.41, 5.74) is 0. The second-order valence-electron chi connectivity index (χ2n) is 3.44. The number of hydrogen-bond acceptors (Lipinski definition) is 4. The molecule has 0 unspecified atom stereocenters. The zero-order chi connectivity index (χ0) is 13.5. The Labute approximate surface area is 112 Å². The number of carbonyl (C=O) groups is 1. The van der Waals surface area contributed by atoms with Crippen molar-refractivity contribution in [3.05, 3.63) is 28.1 Å². The van der Waals surface area contributed by atoms with Crippen LogP contribution >= 0.6 is 22.9 Å². The van der Waals surface area contributed by atoms with E-state index in [-0.39, 0.29) is 14.8 Å². The van der Waals surface area contributed by atoms with Crippen LogP contribution in [0, 0.1) is 0 Å². The number of carboxylic acid groups (broad SMARTS) is 1. The molecule has 5 nitrogen and oxygen atoms in total. The molecule has 0 atom stereocenters. The van der Waals surface area contributed by atoms with Gasteiger partial charge in [0.2, 0.25) is 10.0 Å². The zero-order valence-corrected chi connectivity index (χ0v) is 11.5. The monoisotopic (exact) mass is 305 g/mol. The van der Waals surface area contributed by atoms with Gasteiger partial charge in [-0.2, -0.15) is 0 Å². The number of halogens is 1. The highest BCUT2D eigenvalue weighted by Crippen LogP contribution is 2.32. The van der Waals surface area contributed by atoms with Crippen LogP contribution < -0.4 is 4.72 Å². The predicted molar refractivity (Wildman–Crippen MR) is 70.0 cm³/mol. The van der Waals surface area contributed by atoms with Crippen LogP contribution in [0.5, 0.6) is 0 Å². The van der Waals surface area contributed by atoms with Crippen LogP contribution in [0.2, 0.25) is 5.02 Å². The van der Waals surface area contributed by atoms with Crippen molar-refractivity contribution >= 4 is 49.0 Å². The van der Waals surface area contributed by atoms with E-state index in [4.69, 9.17) is 16.7 Å². The van der Waals surface area contributed by atoms with Gasteiger partial charge in [0.25, 0.3) is 0 Å². The molecule has 96 valence electrons. The number of nitrogens with one attached hydrogen (secondary N) is 1. The summed E-state index contributed by atoms with van der Waals surface area (Å²) in [7, 11) is -2.37. The smallest absolute Gasteiger partial charge is 0.345 e. The minimum atomic E-state index is -3.65. The van der Waals surface area contributed by atoms with Crippen molar-refractivity contribution in [3.8, 4) is 0 Å². The molecule has 18 heavy (non-hydrogen) atoms. The summed E-state index contributed by atoms with van der Waals surface area (Å²) in [6, 6.07) is 4.29. The Kier molecular flexibility index (Phi) is 3.33. The Bertz CT molecular complexity index is 736. The van der Waals surface area contributed by atoms with E-state index in [1.165, 1.54) is 25.2 Å². The quantitative estimate of drug-likeness (QED) is 0.910. The van der Waals surface area contributed by atoms with Crippen molar-refractivity contribution in [2.24, 2.45) is 0 Å². The molecule has 0 aliphatic rings. The third-order valence-electron chi connectivity index (χ3n) is 2.34. The van der Waals surface area contributed by atoms with Crippen molar-refractivity contribution in [1.29, 1.82) is 0 Å². The Balaban J connectivity index is 2.72. The minimum absolute atomic E-state index is 0.0574. The first-order valence-electron chi connectivity index (χ1n) is 4.75. The molecule has 1 aromatic carbocycles. The van der Waals surface area contributed by atoms with Crippen molar-refractivity contribution in [2.75, 3.05) is 7.05 Å². The molecule has 0 saturated heterocycles. The molecule has 0 fully saturated rings. The SMILES string of the molecule is CNS(=O)(=O)c1cc2sc(C(=O)O)cc2cc1Cl. The van der Waals surface area contributed by atoms with Gasteiger partial charge in [0.05, 0.1) is 5.02 Å². The molecule has 2 N–H and O–H groups in total. The lowest BCUT2D eigenvalue weighted by Crippen LogP contribution is -2.18. The molecule has 8 heteroatoms. The molecule has 0 spiro atoms. The number of thiophene rings is 1. The molecule has 1 heterocycles. The molecule has 0 saturated carbocycles. The maximum atomic E-state index is 11.7. The lowest BCUT2D eigenvalue weighted by Gasteiger charge is -2.04. The number of carboxylic acids is 1. The van der Waals surface area contributed by atoms with Crippen molar-refractivity contribution < 1.29 is 18.3 Å². The highest BCUT2D eigenvalue weighted by atomic mass is 35.5. The number of hydrogen-bond donors (Lipinski definition) is 2. The molecule has 0 amide bonds. The van der Waals surface area contributed by atoms with E-state index in [9.17, 15) is 13.2 Å². The average Bonchev–Trinajstić information content (AvgIpc) is 2.70. The summed E-state index contributed by atoms with van der Waals surface area (Å²) in [4.78, 5) is 10.9. The maximum Gasteiger partial charge on any atom is 0.345 e. The van der Waals surface area contributed by atoms with Gasteiger partial charge >= 0.3 is 5.97 Å². The number of fused-ring (bicyclic) bond motifs is 1. The standard InChI is InChI=1S/C10H8ClNO4S2/c1-12-18(15,16)9-4-7-5(2-6(9)11)3-8(17-7)10(13)14/h2-4,12H,1H3,(H,13,14). The van der Waals surface area contributed by atoms with E-state index in [1.54, 1.807) is 0 Å². The average molecular weight is 306 g/mol. The van der Waals surface area contributed by atoms with Crippen LogP contribution in [-0.2, 0) is 10.0 Å². The van der Waals surface area contributed by atoms with E-state index < -0.39 is 16.0 Å². The summed E-state index contributed by atoms with van der Waals surface area (Å²) in [5.74, 6) is -1.05. The topological polar surface area (TPSA) is 83.5 Å². The zero-order valence-electron chi connectivity index (χ0n) is 9.10. The van der Waals surface area contributed by atoms with Gasteiger partial charge in [-0.3, -0.25) is 0 Å². The summed E-state index contributed by atoms with van der Waals surface area (Å²) in [5, 5.41) is 9.55. The summed E-state index contributed by atoms with van der Waals surface area (Å²) < 4.78 is 26.1. The second-order valence-corrected chi connectivity index (χ2v) is 6.79. The largest absolute Gasteiger partial charge is 0.477 e. The number of rotatable bonds is 3. The Hall–Kier alpha value is -1.15. The van der Waals surface area contributed by atoms with E-state index in [2.05, 4.69) is 4.72 Å². The van der Waals surface area contributed by atoms with E-state index in [0.29, 0.717) is 10.1 Å². The van der Waals surface area contributed by atoms with Gasteiger partial charge in [0.15, 0.2) is 0 Å². The van der Waals surface area contributed by atoms with Crippen LogP contribution in [0.3, 0.4) is 0 Å². The van der Waals surface area contributed by atoms with Gasteiger partial charge < -0.3 is 5.11 Å². The second kappa shape index (κ2) is 4.51. The molecular weight excluding hydrogens is 298 g/mol. The molecule has 0 aliphatic carbocycles. The molecule has 0 radical (unpaired) electrons. The van der Waals surface area contributed by atoms with Crippen LogP contribution in [0.15, 0.2) is 23.1 Å². The van der Waals surface area contributed by atoms with Crippen LogP contribution in [0.1, 0.15) is 9.67 Å². The molecule has 2 rings (SSSR count). The first-order chi connectivity index (χ1) is 8.35. The van der Waals surface area contributed by atoms with Crippen LogP contribution in [0.4, 0.5) is 0 Å².